The zero-order valence-electron chi connectivity index (χ0n) is 9.30. The Labute approximate surface area is 98.2 Å². The molecular weight excluding hydrogens is 226 g/mol. The van der Waals surface area contributed by atoms with Crippen LogP contribution in [0.1, 0.15) is 19.3 Å². The van der Waals surface area contributed by atoms with Gasteiger partial charge in [0.25, 0.3) is 0 Å². The summed E-state index contributed by atoms with van der Waals surface area (Å²) in [5.74, 6) is -1.64. The SMILES string of the molecule is O=C(Nc1cc(F)cc(F)c1)C1CCCCN1. The van der Waals surface area contributed by atoms with Crippen molar-refractivity contribution >= 4 is 11.6 Å². The van der Waals surface area contributed by atoms with Crippen LogP contribution in [0.25, 0.3) is 0 Å². The van der Waals surface area contributed by atoms with Gasteiger partial charge in [0.15, 0.2) is 0 Å². The van der Waals surface area contributed by atoms with Gasteiger partial charge in [0, 0.05) is 11.8 Å². The highest BCUT2D eigenvalue weighted by Gasteiger charge is 2.20. The molecule has 1 aromatic carbocycles. The highest BCUT2D eigenvalue weighted by Crippen LogP contribution is 2.14. The lowest BCUT2D eigenvalue weighted by atomic mass is 10.0. The molecule has 1 aliphatic heterocycles. The molecule has 92 valence electrons. The number of amides is 1. The van der Waals surface area contributed by atoms with Gasteiger partial charge >= 0.3 is 0 Å². The van der Waals surface area contributed by atoms with Crippen LogP contribution < -0.4 is 10.6 Å². The van der Waals surface area contributed by atoms with Crippen LogP contribution in [-0.4, -0.2) is 18.5 Å². The summed E-state index contributed by atoms with van der Waals surface area (Å²) in [7, 11) is 0. The Balaban J connectivity index is 2.01. The van der Waals surface area contributed by atoms with Crippen molar-refractivity contribution in [1.29, 1.82) is 0 Å². The quantitative estimate of drug-likeness (QED) is 0.830. The third-order valence-electron chi connectivity index (χ3n) is 2.76. The molecule has 5 heteroatoms. The summed E-state index contributed by atoms with van der Waals surface area (Å²) in [6, 6.07) is 2.71. The molecule has 2 N–H and O–H groups in total. The van der Waals surface area contributed by atoms with E-state index in [9.17, 15) is 13.6 Å². The number of carbonyl (C=O) groups is 1. The van der Waals surface area contributed by atoms with Crippen LogP contribution in [0.15, 0.2) is 18.2 Å². The predicted molar refractivity (Wildman–Crippen MR) is 60.6 cm³/mol. The Morgan fingerprint density at radius 2 is 1.94 bits per heavy atom. The Kier molecular flexibility index (Phi) is 3.68. The number of benzene rings is 1. The fraction of sp³-hybridized carbons (Fsp3) is 0.417. The molecule has 1 unspecified atom stereocenters. The normalized spacial score (nSPS) is 20.0. The van der Waals surface area contributed by atoms with Gasteiger partial charge in [-0.05, 0) is 31.5 Å². The molecule has 0 aromatic heterocycles. The van der Waals surface area contributed by atoms with E-state index in [4.69, 9.17) is 0 Å². The minimum atomic E-state index is -0.697. The van der Waals surface area contributed by atoms with Crippen LogP contribution in [0.4, 0.5) is 14.5 Å². The second-order valence-corrected chi connectivity index (χ2v) is 4.15. The monoisotopic (exact) mass is 240 g/mol. The van der Waals surface area contributed by atoms with Crippen LogP contribution in [-0.2, 0) is 4.79 Å². The lowest BCUT2D eigenvalue weighted by molar-refractivity contribution is -0.118. The minimum Gasteiger partial charge on any atom is -0.325 e. The first-order valence-corrected chi connectivity index (χ1v) is 5.65. The molecule has 1 aromatic rings. The maximum atomic E-state index is 12.9. The number of carbonyl (C=O) groups excluding carboxylic acids is 1. The molecule has 1 amide bonds. The summed E-state index contributed by atoms with van der Waals surface area (Å²) in [5.41, 5.74) is 0.153. The molecule has 1 saturated heterocycles. The first-order chi connectivity index (χ1) is 8.15. The van der Waals surface area contributed by atoms with Gasteiger partial charge in [-0.3, -0.25) is 4.79 Å². The van der Waals surface area contributed by atoms with Gasteiger partial charge in [0.2, 0.25) is 5.91 Å². The van der Waals surface area contributed by atoms with Crippen molar-refractivity contribution in [2.75, 3.05) is 11.9 Å². The topological polar surface area (TPSA) is 41.1 Å². The summed E-state index contributed by atoms with van der Waals surface area (Å²) in [6.07, 6.45) is 2.80. The van der Waals surface area contributed by atoms with E-state index in [1.807, 2.05) is 0 Å². The highest BCUT2D eigenvalue weighted by molar-refractivity contribution is 5.94. The van der Waals surface area contributed by atoms with Gasteiger partial charge in [0.1, 0.15) is 11.6 Å². The van der Waals surface area contributed by atoms with E-state index in [0.717, 1.165) is 44.0 Å². The molecule has 0 bridgehead atoms. The van der Waals surface area contributed by atoms with Gasteiger partial charge in [0.05, 0.1) is 6.04 Å². The predicted octanol–water partition coefficient (Wildman–Crippen LogP) is 2.05. The first-order valence-electron chi connectivity index (χ1n) is 5.65. The van der Waals surface area contributed by atoms with Crippen molar-refractivity contribution in [2.24, 2.45) is 0 Å². The molecule has 0 radical (unpaired) electrons. The minimum absolute atomic E-state index is 0.153. The summed E-state index contributed by atoms with van der Waals surface area (Å²) < 4.78 is 25.8. The summed E-state index contributed by atoms with van der Waals surface area (Å²) >= 11 is 0. The molecule has 1 atom stereocenters. The molecule has 17 heavy (non-hydrogen) atoms. The van der Waals surface area contributed by atoms with Crippen molar-refractivity contribution < 1.29 is 13.6 Å². The smallest absolute Gasteiger partial charge is 0.241 e. The van der Waals surface area contributed by atoms with E-state index in [0.29, 0.717) is 0 Å². The van der Waals surface area contributed by atoms with Crippen LogP contribution in [0.2, 0.25) is 0 Å². The van der Waals surface area contributed by atoms with Gasteiger partial charge in [-0.15, -0.1) is 0 Å². The van der Waals surface area contributed by atoms with E-state index >= 15 is 0 Å². The zero-order valence-corrected chi connectivity index (χ0v) is 9.30. The van der Waals surface area contributed by atoms with Crippen LogP contribution in [0.5, 0.6) is 0 Å². The highest BCUT2D eigenvalue weighted by atomic mass is 19.1. The zero-order chi connectivity index (χ0) is 12.3. The lowest BCUT2D eigenvalue weighted by Gasteiger charge is -2.22. The number of hydrogen-bond donors (Lipinski definition) is 2. The van der Waals surface area contributed by atoms with Gasteiger partial charge in [-0.2, -0.15) is 0 Å². The maximum Gasteiger partial charge on any atom is 0.241 e. The van der Waals surface area contributed by atoms with Crippen LogP contribution in [0.3, 0.4) is 0 Å². The second-order valence-electron chi connectivity index (χ2n) is 4.15. The fourth-order valence-electron chi connectivity index (χ4n) is 1.93. The number of rotatable bonds is 2. The fourth-order valence-corrected chi connectivity index (χ4v) is 1.93. The molecule has 2 rings (SSSR count). The molecule has 0 saturated carbocycles. The van der Waals surface area contributed by atoms with Crippen molar-refractivity contribution in [3.05, 3.63) is 29.8 Å². The number of halogens is 2. The third kappa shape index (κ3) is 3.23. The Morgan fingerprint density at radius 1 is 1.24 bits per heavy atom. The summed E-state index contributed by atoms with van der Waals surface area (Å²) in [4.78, 5) is 11.8. The van der Waals surface area contributed by atoms with Gasteiger partial charge in [-0.25, -0.2) is 8.78 Å². The van der Waals surface area contributed by atoms with Crippen molar-refractivity contribution in [3.8, 4) is 0 Å². The van der Waals surface area contributed by atoms with E-state index < -0.39 is 11.6 Å². The van der Waals surface area contributed by atoms with E-state index in [1.54, 1.807) is 0 Å². The number of piperidine rings is 1. The average Bonchev–Trinajstić information content (AvgIpc) is 2.28. The maximum absolute atomic E-state index is 12.9. The van der Waals surface area contributed by atoms with Crippen molar-refractivity contribution in [2.45, 2.75) is 25.3 Å². The average molecular weight is 240 g/mol. The number of nitrogens with one attached hydrogen (secondary N) is 2. The van der Waals surface area contributed by atoms with E-state index in [2.05, 4.69) is 10.6 Å². The molecular formula is C12H14F2N2O. The Morgan fingerprint density at radius 3 is 2.53 bits per heavy atom. The van der Waals surface area contributed by atoms with Crippen molar-refractivity contribution in [3.63, 3.8) is 0 Å². The molecule has 1 fully saturated rings. The second kappa shape index (κ2) is 5.23. The lowest BCUT2D eigenvalue weighted by Crippen LogP contribution is -2.43. The van der Waals surface area contributed by atoms with Crippen LogP contribution >= 0.6 is 0 Å². The largest absolute Gasteiger partial charge is 0.325 e. The Bertz CT molecular complexity index is 397. The number of hydrogen-bond acceptors (Lipinski definition) is 2. The number of anilines is 1. The summed E-state index contributed by atoms with van der Waals surface area (Å²) in [5, 5.41) is 5.58. The summed E-state index contributed by atoms with van der Waals surface area (Å²) in [6.45, 7) is 0.801. The Hall–Kier alpha value is -1.49. The van der Waals surface area contributed by atoms with E-state index in [-0.39, 0.29) is 17.6 Å². The van der Waals surface area contributed by atoms with E-state index in [1.165, 1.54) is 0 Å². The van der Waals surface area contributed by atoms with Crippen molar-refractivity contribution in [1.82, 2.24) is 5.32 Å². The van der Waals surface area contributed by atoms with Gasteiger partial charge in [-0.1, -0.05) is 6.42 Å². The molecule has 1 heterocycles. The first kappa shape index (κ1) is 12.0. The van der Waals surface area contributed by atoms with Crippen LogP contribution in [0, 0.1) is 11.6 Å². The van der Waals surface area contributed by atoms with Gasteiger partial charge < -0.3 is 10.6 Å². The molecule has 0 spiro atoms. The molecule has 3 nitrogen and oxygen atoms in total. The third-order valence-corrected chi connectivity index (χ3v) is 2.76. The molecule has 1 aliphatic rings. The molecule has 0 aliphatic carbocycles. The standard InChI is InChI=1S/C12H14F2N2O/c13-8-5-9(14)7-10(6-8)16-12(17)11-3-1-2-4-15-11/h5-7,11,15H,1-4H2,(H,16,17).